The van der Waals surface area contributed by atoms with Crippen LogP contribution >= 0.6 is 22.4 Å². The third-order valence-electron chi connectivity index (χ3n) is 4.82. The van der Waals surface area contributed by atoms with Crippen molar-refractivity contribution in [3.05, 3.63) is 43.0 Å². The number of benzene rings is 1. The van der Waals surface area contributed by atoms with Gasteiger partial charge in [-0.05, 0) is 23.9 Å². The zero-order chi connectivity index (χ0) is 27.0. The Morgan fingerprint density at radius 2 is 1.73 bits per heavy atom. The maximum Gasteiger partial charge on any atom is 0.479 e. The zero-order valence-electron chi connectivity index (χ0n) is 18.2. The van der Waals surface area contributed by atoms with E-state index in [1.807, 2.05) is 30.3 Å². The van der Waals surface area contributed by atoms with Crippen LogP contribution in [0.3, 0.4) is 0 Å². The van der Waals surface area contributed by atoms with Gasteiger partial charge in [-0.25, -0.2) is 32.7 Å². The third kappa shape index (κ3) is 7.03. The van der Waals surface area contributed by atoms with Crippen molar-refractivity contribution in [1.82, 2.24) is 19.5 Å². The number of nitrogens with one attached hydrogen (secondary N) is 1. The predicted octanol–water partition coefficient (Wildman–Crippen LogP) is 0.649. The van der Waals surface area contributed by atoms with Crippen LogP contribution < -0.4 is 5.32 Å². The van der Waals surface area contributed by atoms with Gasteiger partial charge in [0.05, 0.1) is 12.9 Å². The number of rotatable bonds is 10. The molecule has 37 heavy (non-hydrogen) atoms. The van der Waals surface area contributed by atoms with Gasteiger partial charge in [0.15, 0.2) is 23.2 Å². The van der Waals surface area contributed by atoms with Crippen LogP contribution in [-0.4, -0.2) is 74.2 Å². The largest absolute Gasteiger partial charge is 0.479 e. The first kappa shape index (κ1) is 28.3. The third-order valence-corrected chi connectivity index (χ3v) is 9.83. The maximum atomic E-state index is 12.1. The van der Waals surface area contributed by atoms with E-state index >= 15 is 0 Å². The van der Waals surface area contributed by atoms with Crippen molar-refractivity contribution in [3.8, 4) is 0 Å². The molecule has 3 heterocycles. The normalized spacial score (nSPS) is 25.6. The summed E-state index contributed by atoms with van der Waals surface area (Å²) < 4.78 is 42.4. The number of para-hydroxylation sites is 1. The minimum absolute atomic E-state index is 0.234. The van der Waals surface area contributed by atoms with E-state index in [1.165, 1.54) is 17.2 Å². The highest BCUT2D eigenvalue weighted by Crippen LogP contribution is 2.66. The number of hydrogen-bond acceptors (Lipinski definition) is 13. The van der Waals surface area contributed by atoms with Gasteiger partial charge in [0, 0.05) is 5.69 Å². The molecule has 6 atom stereocenters. The molecule has 2 aromatic heterocycles. The zero-order valence-corrected chi connectivity index (χ0v) is 21.7. The monoisotopic (exact) mass is 599 g/mol. The van der Waals surface area contributed by atoms with E-state index in [2.05, 4.69) is 45.2 Å². The van der Waals surface area contributed by atoms with E-state index in [4.69, 9.17) is 14.5 Å². The lowest BCUT2D eigenvalue weighted by Crippen LogP contribution is -2.33. The Morgan fingerprint density at radius 3 is 2.41 bits per heavy atom. The summed E-state index contributed by atoms with van der Waals surface area (Å²) >= 11 is 4.27. The summed E-state index contributed by atoms with van der Waals surface area (Å²) in [5.74, 6) is 0.360. The summed E-state index contributed by atoms with van der Waals surface area (Å²) in [6.45, 7) is -5.75. The van der Waals surface area contributed by atoms with Crippen LogP contribution in [0.25, 0.3) is 11.2 Å². The molecule has 7 N–H and O–H groups in total. The molecule has 1 aliphatic heterocycles. The number of nitrogens with zero attached hydrogens (tertiary/aromatic N) is 4. The summed E-state index contributed by atoms with van der Waals surface area (Å²) in [5.41, 5.74) is 1.29. The molecular formula is C16H20N5O12P3S. The molecule has 1 aromatic carbocycles. The van der Waals surface area contributed by atoms with Crippen LogP contribution in [0.1, 0.15) is 6.23 Å². The number of phosphoric acid groups is 2. The fourth-order valence-corrected chi connectivity index (χ4v) is 7.93. The quantitative estimate of drug-likeness (QED) is 0.158. The molecule has 1 fully saturated rings. The molecule has 17 nitrogen and oxygen atoms in total. The summed E-state index contributed by atoms with van der Waals surface area (Å²) in [4.78, 5) is 49.3. The number of aliphatic hydroxyl groups is 2. The van der Waals surface area contributed by atoms with Crippen molar-refractivity contribution in [3.63, 3.8) is 0 Å². The molecule has 0 saturated carbocycles. The average molecular weight is 599 g/mol. The first-order valence-electron chi connectivity index (χ1n) is 10.0. The maximum absolute atomic E-state index is 12.1. The van der Waals surface area contributed by atoms with Gasteiger partial charge in [-0.3, -0.25) is 9.09 Å². The van der Waals surface area contributed by atoms with Crippen molar-refractivity contribution >= 4 is 56.8 Å². The van der Waals surface area contributed by atoms with Crippen LogP contribution in [-0.2, 0) is 38.8 Å². The van der Waals surface area contributed by atoms with Crippen LogP contribution in [0.4, 0.5) is 11.5 Å². The molecular weight excluding hydrogens is 579 g/mol. The summed E-state index contributed by atoms with van der Waals surface area (Å²) in [6.07, 6.45) is -3.30. The number of phosphoric ester groups is 1. The Kier molecular flexibility index (Phi) is 8.26. The molecule has 2 unspecified atom stereocenters. The van der Waals surface area contributed by atoms with Gasteiger partial charge >= 0.3 is 22.4 Å². The Bertz CT molecular complexity index is 1410. The lowest BCUT2D eigenvalue weighted by Gasteiger charge is -2.20. The number of aliphatic hydroxyl groups excluding tert-OH is 2. The van der Waals surface area contributed by atoms with Gasteiger partial charge in [-0.2, -0.15) is 0 Å². The Labute approximate surface area is 212 Å². The van der Waals surface area contributed by atoms with Crippen molar-refractivity contribution in [2.24, 2.45) is 0 Å². The second-order valence-corrected chi connectivity index (χ2v) is 13.3. The minimum Gasteiger partial charge on any atom is -0.387 e. The lowest BCUT2D eigenvalue weighted by atomic mass is 10.1. The molecule has 1 saturated heterocycles. The molecule has 202 valence electrons. The van der Waals surface area contributed by atoms with Crippen LogP contribution in [0.15, 0.2) is 43.0 Å². The van der Waals surface area contributed by atoms with Crippen LogP contribution in [0.2, 0.25) is 0 Å². The highest BCUT2D eigenvalue weighted by Gasteiger charge is 2.46. The second-order valence-electron chi connectivity index (χ2n) is 7.47. The van der Waals surface area contributed by atoms with Crippen molar-refractivity contribution in [2.75, 3.05) is 11.9 Å². The number of imidazole rings is 1. The highest BCUT2D eigenvalue weighted by molar-refractivity contribution is 8.09. The first-order valence-corrected chi connectivity index (χ1v) is 15.7. The summed E-state index contributed by atoms with van der Waals surface area (Å²) in [7, 11) is -10.6. The smallest absolute Gasteiger partial charge is 0.387 e. The number of anilines is 2. The molecule has 0 bridgehead atoms. The number of aromatic nitrogens is 4. The van der Waals surface area contributed by atoms with Gasteiger partial charge < -0.3 is 39.8 Å². The van der Waals surface area contributed by atoms with Gasteiger partial charge in [-0.15, -0.1) is 0 Å². The van der Waals surface area contributed by atoms with Crippen molar-refractivity contribution in [2.45, 2.75) is 24.5 Å². The summed E-state index contributed by atoms with van der Waals surface area (Å²) in [5, 5.41) is 24.0. The highest BCUT2D eigenvalue weighted by atomic mass is 32.5. The first-order chi connectivity index (χ1) is 17.2. The van der Waals surface area contributed by atoms with E-state index in [0.29, 0.717) is 11.3 Å². The van der Waals surface area contributed by atoms with Crippen LogP contribution in [0.5, 0.6) is 0 Å². The molecule has 21 heteroatoms. The SMILES string of the molecule is O=P(O)(O)OP(O)(=S)OP(=O)(O)OC[C@H]1O[C@@H](n2cnc3c(Nc4ccccc4)ncnc32)[C@H](O)[C@@H]1O. The van der Waals surface area contributed by atoms with E-state index in [1.54, 1.807) is 0 Å². The number of ether oxygens (including phenoxy) is 1. The molecule has 0 amide bonds. The van der Waals surface area contributed by atoms with E-state index < -0.39 is 53.5 Å². The Balaban J connectivity index is 1.47. The van der Waals surface area contributed by atoms with E-state index in [0.717, 1.165) is 5.69 Å². The van der Waals surface area contributed by atoms with Gasteiger partial charge in [-0.1, -0.05) is 18.2 Å². The minimum atomic E-state index is -5.35. The van der Waals surface area contributed by atoms with E-state index in [9.17, 15) is 29.1 Å². The molecule has 0 spiro atoms. The lowest BCUT2D eigenvalue weighted by molar-refractivity contribution is -0.0502. The number of fused-ring (bicyclic) bond motifs is 1. The second kappa shape index (κ2) is 10.8. The van der Waals surface area contributed by atoms with Crippen molar-refractivity contribution in [1.29, 1.82) is 0 Å². The fraction of sp³-hybridized carbons (Fsp3) is 0.312. The summed E-state index contributed by atoms with van der Waals surface area (Å²) in [6, 6.07) is 9.11. The predicted molar refractivity (Wildman–Crippen MR) is 127 cm³/mol. The topological polar surface area (TPSA) is 248 Å². The molecule has 4 rings (SSSR count). The van der Waals surface area contributed by atoms with Gasteiger partial charge in [0.25, 0.3) is 0 Å². The standard InChI is InChI=1S/C16H20N5O12P3S/c22-12-10(6-30-35(27,28)33-36(29,37)32-34(24,25)26)31-16(13(12)23)21-8-19-11-14(17-7-18-15(11)21)20-9-4-2-1-3-5-9/h1-5,7-8,10,12-13,16,22-23H,6H2,(H,27,28)(H,29,37)(H,17,18,20)(H2,24,25,26)/t10-,12-,13-,16-,36?/m1/s1. The fourth-order valence-electron chi connectivity index (χ4n) is 3.36. The molecule has 0 aliphatic carbocycles. The average Bonchev–Trinajstić information content (AvgIpc) is 3.33. The van der Waals surface area contributed by atoms with E-state index in [-0.39, 0.29) is 5.65 Å². The van der Waals surface area contributed by atoms with Gasteiger partial charge in [0.2, 0.25) is 0 Å². The van der Waals surface area contributed by atoms with Crippen LogP contribution in [0, 0.1) is 0 Å². The van der Waals surface area contributed by atoms with Gasteiger partial charge in [0.1, 0.15) is 24.6 Å². The Hall–Kier alpha value is -1.72. The number of hydrogen-bond donors (Lipinski definition) is 7. The molecule has 1 aliphatic rings. The Morgan fingerprint density at radius 1 is 1.03 bits per heavy atom. The molecule has 0 radical (unpaired) electrons. The van der Waals surface area contributed by atoms with Crippen molar-refractivity contribution < 1.29 is 56.8 Å². The molecule has 3 aromatic rings.